The molecule has 1 fully saturated rings. The summed E-state index contributed by atoms with van der Waals surface area (Å²) in [6.45, 7) is 0. The number of carboxylic acids is 1. The Kier molecular flexibility index (Phi) is 4.37. The molecule has 1 aromatic carbocycles. The summed E-state index contributed by atoms with van der Waals surface area (Å²) in [5, 5.41) is 9.67. The average Bonchev–Trinajstić information content (AvgIpc) is 3.40. The maximum absolute atomic E-state index is 12.8. The first kappa shape index (κ1) is 15.2. The first-order valence-electron chi connectivity index (χ1n) is 7.66. The number of pyridine rings is 1. The number of nitrogens with zero attached hydrogens (tertiary/aromatic N) is 2. The Labute approximate surface area is 134 Å². The molecular weight excluding hydrogens is 292 g/mol. The van der Waals surface area contributed by atoms with E-state index in [1.165, 1.54) is 4.90 Å². The topological polar surface area (TPSA) is 70.5 Å². The van der Waals surface area contributed by atoms with Gasteiger partial charge in [-0.25, -0.2) is 4.79 Å². The van der Waals surface area contributed by atoms with Crippen molar-refractivity contribution in [2.45, 2.75) is 31.3 Å². The van der Waals surface area contributed by atoms with Gasteiger partial charge in [0.1, 0.15) is 6.04 Å². The molecule has 1 aromatic heterocycles. The molecule has 1 saturated carbocycles. The molecular formula is C18H18N2O3. The van der Waals surface area contributed by atoms with Gasteiger partial charge < -0.3 is 10.0 Å². The molecule has 1 atom stereocenters. The van der Waals surface area contributed by atoms with E-state index in [1.807, 2.05) is 30.3 Å². The Morgan fingerprint density at radius 1 is 1.13 bits per heavy atom. The number of hydrogen-bond donors (Lipinski definition) is 1. The van der Waals surface area contributed by atoms with E-state index in [1.54, 1.807) is 24.5 Å². The van der Waals surface area contributed by atoms with E-state index in [0.29, 0.717) is 12.0 Å². The third-order valence-corrected chi connectivity index (χ3v) is 3.99. The molecule has 23 heavy (non-hydrogen) atoms. The van der Waals surface area contributed by atoms with Crippen LogP contribution in [0.15, 0.2) is 54.9 Å². The van der Waals surface area contributed by atoms with Crippen LogP contribution in [-0.2, 0) is 11.2 Å². The van der Waals surface area contributed by atoms with Gasteiger partial charge in [0, 0.05) is 30.4 Å². The van der Waals surface area contributed by atoms with Gasteiger partial charge in [0.05, 0.1) is 0 Å². The highest BCUT2D eigenvalue weighted by molar-refractivity contribution is 5.97. The van der Waals surface area contributed by atoms with Crippen molar-refractivity contribution in [2.24, 2.45) is 0 Å². The van der Waals surface area contributed by atoms with Crippen LogP contribution in [0.25, 0.3) is 0 Å². The minimum Gasteiger partial charge on any atom is -0.480 e. The minimum absolute atomic E-state index is 0.0143. The number of rotatable bonds is 6. The standard InChI is InChI=1S/C18H18N2O3/c21-17(14-8-10-19-11-9-14)20(15-6-7-15)16(18(22)23)12-13-4-2-1-3-5-13/h1-5,8-11,15-16H,6-7,12H2,(H,22,23)/t16-/m1/s1. The maximum Gasteiger partial charge on any atom is 0.326 e. The van der Waals surface area contributed by atoms with Crippen LogP contribution in [0.1, 0.15) is 28.8 Å². The number of carboxylic acid groups (broad SMARTS) is 1. The van der Waals surface area contributed by atoms with Gasteiger partial charge in [-0.05, 0) is 30.5 Å². The highest BCUT2D eigenvalue weighted by atomic mass is 16.4. The predicted molar refractivity (Wildman–Crippen MR) is 85.0 cm³/mol. The molecule has 1 amide bonds. The molecule has 3 rings (SSSR count). The first-order chi connectivity index (χ1) is 11.2. The largest absolute Gasteiger partial charge is 0.480 e. The molecule has 118 valence electrons. The van der Waals surface area contributed by atoms with Crippen LogP contribution >= 0.6 is 0 Å². The van der Waals surface area contributed by atoms with Crippen molar-refractivity contribution in [3.05, 3.63) is 66.0 Å². The number of carbonyl (C=O) groups excluding carboxylic acids is 1. The molecule has 5 nitrogen and oxygen atoms in total. The predicted octanol–water partition coefficient (Wildman–Crippen LogP) is 2.38. The SMILES string of the molecule is O=C(O)[C@@H](Cc1ccccc1)N(C(=O)c1ccncc1)C1CC1. The van der Waals surface area contributed by atoms with Crippen LogP contribution in [0.2, 0.25) is 0 Å². The quantitative estimate of drug-likeness (QED) is 0.889. The zero-order valence-electron chi connectivity index (χ0n) is 12.6. The van der Waals surface area contributed by atoms with Crippen LogP contribution in [0.4, 0.5) is 0 Å². The number of hydrogen-bond acceptors (Lipinski definition) is 3. The van der Waals surface area contributed by atoms with Gasteiger partial charge >= 0.3 is 5.97 Å². The Balaban J connectivity index is 1.88. The molecule has 0 saturated heterocycles. The number of benzene rings is 1. The molecule has 1 N–H and O–H groups in total. The summed E-state index contributed by atoms with van der Waals surface area (Å²) in [5.74, 6) is -1.21. The van der Waals surface area contributed by atoms with Crippen molar-refractivity contribution in [1.82, 2.24) is 9.88 Å². The summed E-state index contributed by atoms with van der Waals surface area (Å²) in [6, 6.07) is 11.8. The van der Waals surface area contributed by atoms with Crippen molar-refractivity contribution in [3.63, 3.8) is 0 Å². The van der Waals surface area contributed by atoms with Crippen LogP contribution in [-0.4, -0.2) is 39.0 Å². The third-order valence-electron chi connectivity index (χ3n) is 3.99. The second kappa shape index (κ2) is 6.60. The van der Waals surface area contributed by atoms with Gasteiger partial charge in [0.2, 0.25) is 0 Å². The monoisotopic (exact) mass is 310 g/mol. The van der Waals surface area contributed by atoms with Gasteiger partial charge in [-0.1, -0.05) is 30.3 Å². The fourth-order valence-corrected chi connectivity index (χ4v) is 2.70. The Bertz CT molecular complexity index is 684. The van der Waals surface area contributed by atoms with Gasteiger partial charge in [0.15, 0.2) is 0 Å². The number of aliphatic carboxylic acids is 1. The summed E-state index contributed by atoms with van der Waals surface area (Å²) >= 11 is 0. The van der Waals surface area contributed by atoms with Crippen molar-refractivity contribution < 1.29 is 14.7 Å². The lowest BCUT2D eigenvalue weighted by Gasteiger charge is -2.29. The van der Waals surface area contributed by atoms with Crippen molar-refractivity contribution in [2.75, 3.05) is 0 Å². The second-order valence-electron chi connectivity index (χ2n) is 5.72. The highest BCUT2D eigenvalue weighted by Crippen LogP contribution is 2.31. The summed E-state index contributed by atoms with van der Waals surface area (Å²) < 4.78 is 0. The number of aromatic nitrogens is 1. The van der Waals surface area contributed by atoms with Crippen molar-refractivity contribution in [1.29, 1.82) is 0 Å². The summed E-state index contributed by atoms with van der Waals surface area (Å²) in [4.78, 5) is 30.0. The minimum atomic E-state index is -0.969. The Hall–Kier alpha value is -2.69. The van der Waals surface area contributed by atoms with E-state index >= 15 is 0 Å². The molecule has 0 radical (unpaired) electrons. The van der Waals surface area contributed by atoms with E-state index in [-0.39, 0.29) is 11.9 Å². The van der Waals surface area contributed by atoms with Gasteiger partial charge in [-0.3, -0.25) is 9.78 Å². The number of amides is 1. The van der Waals surface area contributed by atoms with Gasteiger partial charge in [-0.15, -0.1) is 0 Å². The van der Waals surface area contributed by atoms with Crippen LogP contribution in [0.3, 0.4) is 0 Å². The van der Waals surface area contributed by atoms with Gasteiger partial charge in [0.25, 0.3) is 5.91 Å². The van der Waals surface area contributed by atoms with Crippen LogP contribution in [0.5, 0.6) is 0 Å². The highest BCUT2D eigenvalue weighted by Gasteiger charge is 2.40. The molecule has 1 aliphatic carbocycles. The molecule has 1 aliphatic rings. The lowest BCUT2D eigenvalue weighted by atomic mass is 10.0. The van der Waals surface area contributed by atoms with Gasteiger partial charge in [-0.2, -0.15) is 0 Å². The van der Waals surface area contributed by atoms with Crippen LogP contribution in [0, 0.1) is 0 Å². The molecule has 5 heteroatoms. The second-order valence-corrected chi connectivity index (χ2v) is 5.72. The lowest BCUT2D eigenvalue weighted by Crippen LogP contribution is -2.47. The van der Waals surface area contributed by atoms with Crippen LogP contribution < -0.4 is 0 Å². The third kappa shape index (κ3) is 3.56. The summed E-state index contributed by atoms with van der Waals surface area (Å²) in [6.07, 6.45) is 5.12. The van der Waals surface area contributed by atoms with E-state index in [0.717, 1.165) is 18.4 Å². The zero-order chi connectivity index (χ0) is 16.2. The van der Waals surface area contributed by atoms with E-state index in [2.05, 4.69) is 4.98 Å². The molecule has 0 aliphatic heterocycles. The normalized spacial score (nSPS) is 15.0. The van der Waals surface area contributed by atoms with E-state index < -0.39 is 12.0 Å². The zero-order valence-corrected chi connectivity index (χ0v) is 12.6. The maximum atomic E-state index is 12.8. The Morgan fingerprint density at radius 2 is 1.78 bits per heavy atom. The van der Waals surface area contributed by atoms with Crippen molar-refractivity contribution >= 4 is 11.9 Å². The Morgan fingerprint density at radius 3 is 2.35 bits per heavy atom. The molecule has 1 heterocycles. The lowest BCUT2D eigenvalue weighted by molar-refractivity contribution is -0.142. The smallest absolute Gasteiger partial charge is 0.326 e. The van der Waals surface area contributed by atoms with Crippen molar-refractivity contribution in [3.8, 4) is 0 Å². The molecule has 0 spiro atoms. The molecule has 0 bridgehead atoms. The first-order valence-corrected chi connectivity index (χ1v) is 7.66. The fraction of sp³-hybridized carbons (Fsp3) is 0.278. The summed E-state index contributed by atoms with van der Waals surface area (Å²) in [5.41, 5.74) is 1.39. The summed E-state index contributed by atoms with van der Waals surface area (Å²) in [7, 11) is 0. The average molecular weight is 310 g/mol. The van der Waals surface area contributed by atoms with E-state index in [9.17, 15) is 14.7 Å². The molecule has 0 unspecified atom stereocenters. The molecule has 2 aromatic rings. The fourth-order valence-electron chi connectivity index (χ4n) is 2.70. The van der Waals surface area contributed by atoms with E-state index in [4.69, 9.17) is 0 Å². The number of carbonyl (C=O) groups is 2.